The molecule has 0 saturated heterocycles. The molecule has 0 fully saturated rings. The molecule has 1 unspecified atom stereocenters. The van der Waals surface area contributed by atoms with Crippen LogP contribution >= 0.6 is 11.6 Å². The van der Waals surface area contributed by atoms with Crippen molar-refractivity contribution in [3.05, 3.63) is 28.8 Å². The zero-order valence-corrected chi connectivity index (χ0v) is 13.3. The van der Waals surface area contributed by atoms with Gasteiger partial charge in [-0.25, -0.2) is 8.42 Å². The van der Waals surface area contributed by atoms with E-state index in [0.717, 1.165) is 5.56 Å². The largest absolute Gasteiger partial charge is 0.480 e. The fourth-order valence-electron chi connectivity index (χ4n) is 1.64. The van der Waals surface area contributed by atoms with Crippen LogP contribution in [0.15, 0.2) is 23.1 Å². The molecule has 0 saturated carbocycles. The lowest BCUT2D eigenvalue weighted by molar-refractivity contribution is -0.141. The molecule has 0 radical (unpaired) electrons. The molecule has 0 aliphatic rings. The Kier molecular flexibility index (Phi) is 4.84. The van der Waals surface area contributed by atoms with Gasteiger partial charge in [0.1, 0.15) is 10.9 Å². The van der Waals surface area contributed by atoms with Gasteiger partial charge in [-0.1, -0.05) is 38.4 Å². The molecule has 0 bridgehead atoms. The van der Waals surface area contributed by atoms with E-state index in [1.807, 2.05) is 0 Å². The number of carboxylic acid groups (broad SMARTS) is 1. The summed E-state index contributed by atoms with van der Waals surface area (Å²) in [5, 5.41) is 9.24. The molecule has 1 aromatic rings. The molecule has 0 aliphatic heterocycles. The van der Waals surface area contributed by atoms with E-state index < -0.39 is 27.4 Å². The van der Waals surface area contributed by atoms with E-state index in [-0.39, 0.29) is 9.92 Å². The summed E-state index contributed by atoms with van der Waals surface area (Å²) >= 11 is 5.92. The highest BCUT2D eigenvalue weighted by Gasteiger charge is 2.35. The van der Waals surface area contributed by atoms with E-state index in [4.69, 9.17) is 11.6 Å². The third-order valence-electron chi connectivity index (χ3n) is 2.76. The predicted molar refractivity (Wildman–Crippen MR) is 77.4 cm³/mol. The zero-order valence-electron chi connectivity index (χ0n) is 11.8. The fraction of sp³-hybridized carbons (Fsp3) is 0.462. The molecule has 7 heteroatoms. The Hall–Kier alpha value is -1.11. The smallest absolute Gasteiger partial charge is 0.322 e. The van der Waals surface area contributed by atoms with Crippen molar-refractivity contribution < 1.29 is 18.3 Å². The Morgan fingerprint density at radius 2 is 1.90 bits per heavy atom. The number of hydrogen-bond acceptors (Lipinski definition) is 3. The molecule has 1 rings (SSSR count). The summed E-state index contributed by atoms with van der Waals surface area (Å²) in [7, 11) is -4.00. The van der Waals surface area contributed by atoms with Gasteiger partial charge in [0.2, 0.25) is 10.0 Å². The Labute approximate surface area is 124 Å². The first-order chi connectivity index (χ1) is 8.95. The van der Waals surface area contributed by atoms with Crippen LogP contribution in [0, 0.1) is 12.3 Å². The third-order valence-corrected chi connectivity index (χ3v) is 4.67. The fourth-order valence-corrected chi connectivity index (χ4v) is 3.63. The van der Waals surface area contributed by atoms with Crippen LogP contribution in [0.3, 0.4) is 0 Å². The van der Waals surface area contributed by atoms with E-state index in [0.29, 0.717) is 0 Å². The molecule has 0 aliphatic carbocycles. The lowest BCUT2D eigenvalue weighted by Gasteiger charge is -2.27. The Morgan fingerprint density at radius 1 is 1.35 bits per heavy atom. The molecule has 0 aromatic heterocycles. The van der Waals surface area contributed by atoms with Gasteiger partial charge in [-0.2, -0.15) is 4.72 Å². The number of hydrogen-bond donors (Lipinski definition) is 2. The van der Waals surface area contributed by atoms with Gasteiger partial charge in [-0.05, 0) is 30.0 Å². The number of aryl methyl sites for hydroxylation is 1. The molecule has 1 atom stereocenters. The van der Waals surface area contributed by atoms with Crippen LogP contribution in [0.4, 0.5) is 0 Å². The molecule has 5 nitrogen and oxygen atoms in total. The van der Waals surface area contributed by atoms with Crippen LogP contribution in [0.25, 0.3) is 0 Å². The van der Waals surface area contributed by atoms with Gasteiger partial charge in [0.05, 0.1) is 5.02 Å². The Balaban J connectivity index is 3.20. The highest BCUT2D eigenvalue weighted by molar-refractivity contribution is 7.89. The molecular formula is C13H18ClNO4S. The summed E-state index contributed by atoms with van der Waals surface area (Å²) in [6.07, 6.45) is 0. The molecule has 112 valence electrons. The van der Waals surface area contributed by atoms with Gasteiger partial charge in [-0.3, -0.25) is 4.79 Å². The second kappa shape index (κ2) is 5.71. The quantitative estimate of drug-likeness (QED) is 0.892. The summed E-state index contributed by atoms with van der Waals surface area (Å²) in [4.78, 5) is 11.1. The monoisotopic (exact) mass is 319 g/mol. The topological polar surface area (TPSA) is 83.5 Å². The molecule has 0 amide bonds. The van der Waals surface area contributed by atoms with Crippen LogP contribution in [-0.4, -0.2) is 25.5 Å². The Morgan fingerprint density at radius 3 is 2.30 bits per heavy atom. The van der Waals surface area contributed by atoms with Gasteiger partial charge >= 0.3 is 5.97 Å². The molecule has 0 spiro atoms. The lowest BCUT2D eigenvalue weighted by Crippen LogP contribution is -2.49. The van der Waals surface area contributed by atoms with E-state index in [1.54, 1.807) is 33.8 Å². The van der Waals surface area contributed by atoms with Gasteiger partial charge in [-0.15, -0.1) is 0 Å². The standard InChI is InChI=1S/C13H18ClNO4S/c1-8-5-6-10(9(14)7-8)20(18,19)15-11(12(16)17)13(2,3)4/h5-7,11,15H,1-4H3,(H,16,17). The highest BCUT2D eigenvalue weighted by atomic mass is 35.5. The summed E-state index contributed by atoms with van der Waals surface area (Å²) in [5.41, 5.74) is 0.0513. The van der Waals surface area contributed by atoms with Crippen molar-refractivity contribution in [2.45, 2.75) is 38.6 Å². The van der Waals surface area contributed by atoms with Crippen molar-refractivity contribution in [1.29, 1.82) is 0 Å². The summed E-state index contributed by atoms with van der Waals surface area (Å²) in [6.45, 7) is 6.71. The number of nitrogens with one attached hydrogen (secondary N) is 1. The van der Waals surface area contributed by atoms with Crippen molar-refractivity contribution in [2.24, 2.45) is 5.41 Å². The number of carbonyl (C=O) groups is 1. The van der Waals surface area contributed by atoms with Crippen LogP contribution in [0.5, 0.6) is 0 Å². The molecule has 1 aromatic carbocycles. The van der Waals surface area contributed by atoms with E-state index in [1.165, 1.54) is 12.1 Å². The first kappa shape index (κ1) is 16.9. The number of sulfonamides is 1. The van der Waals surface area contributed by atoms with Crippen molar-refractivity contribution in [2.75, 3.05) is 0 Å². The number of benzene rings is 1. The predicted octanol–water partition coefficient (Wildman–Crippen LogP) is 2.43. The zero-order chi connectivity index (χ0) is 15.7. The highest BCUT2D eigenvalue weighted by Crippen LogP contribution is 2.25. The lowest BCUT2D eigenvalue weighted by atomic mass is 9.88. The first-order valence-corrected chi connectivity index (χ1v) is 7.82. The van der Waals surface area contributed by atoms with Crippen LogP contribution in [0.1, 0.15) is 26.3 Å². The number of halogens is 1. The molecule has 20 heavy (non-hydrogen) atoms. The second-order valence-electron chi connectivity index (χ2n) is 5.69. The van der Waals surface area contributed by atoms with Gasteiger partial charge < -0.3 is 5.11 Å². The van der Waals surface area contributed by atoms with E-state index in [2.05, 4.69) is 4.72 Å². The molecule has 0 heterocycles. The summed E-state index contributed by atoms with van der Waals surface area (Å²) < 4.78 is 26.7. The van der Waals surface area contributed by atoms with Crippen molar-refractivity contribution in [1.82, 2.24) is 4.72 Å². The maximum atomic E-state index is 12.3. The minimum atomic E-state index is -4.00. The summed E-state index contributed by atoms with van der Waals surface area (Å²) in [5.74, 6) is -1.23. The van der Waals surface area contributed by atoms with E-state index in [9.17, 15) is 18.3 Å². The number of rotatable bonds is 4. The van der Waals surface area contributed by atoms with Gasteiger partial charge in [0.15, 0.2) is 0 Å². The minimum Gasteiger partial charge on any atom is -0.480 e. The van der Waals surface area contributed by atoms with E-state index >= 15 is 0 Å². The first-order valence-electron chi connectivity index (χ1n) is 5.96. The normalized spacial score (nSPS) is 14.1. The molecule has 2 N–H and O–H groups in total. The van der Waals surface area contributed by atoms with Crippen molar-refractivity contribution in [3.63, 3.8) is 0 Å². The molecular weight excluding hydrogens is 302 g/mol. The average Bonchev–Trinajstić information content (AvgIpc) is 2.23. The van der Waals surface area contributed by atoms with Crippen LogP contribution < -0.4 is 4.72 Å². The summed E-state index contributed by atoms with van der Waals surface area (Å²) in [6, 6.07) is 3.24. The maximum Gasteiger partial charge on any atom is 0.322 e. The SMILES string of the molecule is Cc1ccc(S(=O)(=O)NC(C(=O)O)C(C)(C)C)c(Cl)c1. The maximum absolute atomic E-state index is 12.3. The second-order valence-corrected chi connectivity index (χ2v) is 7.78. The average molecular weight is 320 g/mol. The third kappa shape index (κ3) is 3.94. The number of aliphatic carboxylic acids is 1. The van der Waals surface area contributed by atoms with Gasteiger partial charge in [0.25, 0.3) is 0 Å². The minimum absolute atomic E-state index is 0.0653. The Bertz CT molecular complexity index is 620. The van der Waals surface area contributed by atoms with Crippen LogP contribution in [0.2, 0.25) is 5.02 Å². The van der Waals surface area contributed by atoms with Crippen molar-refractivity contribution >= 4 is 27.6 Å². The van der Waals surface area contributed by atoms with Crippen molar-refractivity contribution in [3.8, 4) is 0 Å². The number of carboxylic acids is 1. The van der Waals surface area contributed by atoms with Crippen LogP contribution in [-0.2, 0) is 14.8 Å². The van der Waals surface area contributed by atoms with Gasteiger partial charge in [0, 0.05) is 0 Å².